The lowest BCUT2D eigenvalue weighted by molar-refractivity contribution is 0.0740. The molecule has 1 amide bonds. The van der Waals surface area contributed by atoms with E-state index in [1.165, 1.54) is 30.6 Å². The first kappa shape index (κ1) is 10.7. The van der Waals surface area contributed by atoms with Gasteiger partial charge in [0.15, 0.2) is 0 Å². The minimum Gasteiger partial charge on any atom is -0.338 e. The molecule has 0 aliphatic heterocycles. The molecule has 0 N–H and O–H groups in total. The number of aryl methyl sites for hydroxylation is 1. The third kappa shape index (κ3) is 2.23. The molecule has 1 aliphatic carbocycles. The van der Waals surface area contributed by atoms with E-state index in [1.807, 2.05) is 31.0 Å². The zero-order valence-corrected chi connectivity index (χ0v) is 10.1. The molecule has 0 aromatic carbocycles. The minimum atomic E-state index is 0.194. The first-order valence-electron chi connectivity index (χ1n) is 5.52. The highest BCUT2D eigenvalue weighted by Crippen LogP contribution is 2.25. The topological polar surface area (TPSA) is 20.3 Å². The molecule has 0 unspecified atom stereocenters. The summed E-state index contributed by atoms with van der Waals surface area (Å²) in [5, 5.41) is 0. The van der Waals surface area contributed by atoms with E-state index >= 15 is 0 Å². The van der Waals surface area contributed by atoms with E-state index in [1.54, 1.807) is 11.3 Å². The van der Waals surface area contributed by atoms with E-state index in [0.29, 0.717) is 6.04 Å². The number of rotatable bonds is 2. The van der Waals surface area contributed by atoms with E-state index in [0.717, 1.165) is 4.88 Å². The van der Waals surface area contributed by atoms with E-state index < -0.39 is 0 Å². The lowest BCUT2D eigenvalue weighted by atomic mass is 10.2. The van der Waals surface area contributed by atoms with Gasteiger partial charge in [0.05, 0.1) is 4.88 Å². The fraction of sp³-hybridized carbons (Fsp3) is 0.583. The average molecular weight is 223 g/mol. The minimum absolute atomic E-state index is 0.194. The van der Waals surface area contributed by atoms with E-state index in [9.17, 15) is 4.79 Å². The SMILES string of the molecule is Cc1ccc(C(=O)N(C)C2CCCC2)s1. The van der Waals surface area contributed by atoms with Gasteiger partial charge in [-0.3, -0.25) is 4.79 Å². The molecule has 0 atom stereocenters. The number of amides is 1. The van der Waals surface area contributed by atoms with Crippen molar-refractivity contribution < 1.29 is 4.79 Å². The number of carbonyl (C=O) groups is 1. The number of hydrogen-bond donors (Lipinski definition) is 0. The number of nitrogens with zero attached hydrogens (tertiary/aromatic N) is 1. The number of carbonyl (C=O) groups excluding carboxylic acids is 1. The summed E-state index contributed by atoms with van der Waals surface area (Å²) in [4.78, 5) is 16.1. The van der Waals surface area contributed by atoms with Crippen molar-refractivity contribution in [2.24, 2.45) is 0 Å². The summed E-state index contributed by atoms with van der Waals surface area (Å²) in [5.41, 5.74) is 0. The van der Waals surface area contributed by atoms with Crippen LogP contribution in [0.5, 0.6) is 0 Å². The Morgan fingerprint density at radius 1 is 1.40 bits per heavy atom. The second kappa shape index (κ2) is 4.35. The van der Waals surface area contributed by atoms with Crippen molar-refractivity contribution in [3.63, 3.8) is 0 Å². The molecule has 15 heavy (non-hydrogen) atoms. The van der Waals surface area contributed by atoms with Gasteiger partial charge < -0.3 is 4.90 Å². The molecule has 2 nitrogen and oxygen atoms in total. The van der Waals surface area contributed by atoms with Crippen LogP contribution in [0.4, 0.5) is 0 Å². The first-order chi connectivity index (χ1) is 7.18. The Kier molecular flexibility index (Phi) is 3.10. The standard InChI is InChI=1S/C12H17NOS/c1-9-7-8-11(15-9)12(14)13(2)10-5-3-4-6-10/h7-8,10H,3-6H2,1-2H3. The summed E-state index contributed by atoms with van der Waals surface area (Å²) in [6, 6.07) is 4.42. The van der Waals surface area contributed by atoms with Gasteiger partial charge in [0.1, 0.15) is 0 Å². The maximum absolute atomic E-state index is 12.1. The molecule has 0 saturated heterocycles. The highest BCUT2D eigenvalue weighted by molar-refractivity contribution is 7.13. The first-order valence-corrected chi connectivity index (χ1v) is 6.34. The summed E-state index contributed by atoms with van der Waals surface area (Å²) < 4.78 is 0. The van der Waals surface area contributed by atoms with E-state index in [2.05, 4.69) is 0 Å². The fourth-order valence-corrected chi connectivity index (χ4v) is 3.03. The molecule has 0 spiro atoms. The van der Waals surface area contributed by atoms with Gasteiger partial charge in [0.2, 0.25) is 0 Å². The average Bonchev–Trinajstić information content (AvgIpc) is 2.85. The Balaban J connectivity index is 2.06. The van der Waals surface area contributed by atoms with Crippen molar-refractivity contribution in [3.8, 4) is 0 Å². The van der Waals surface area contributed by atoms with Gasteiger partial charge in [-0.05, 0) is 31.9 Å². The second-order valence-electron chi connectivity index (χ2n) is 4.26. The predicted octanol–water partition coefficient (Wildman–Crippen LogP) is 3.07. The molecular formula is C12H17NOS. The Morgan fingerprint density at radius 3 is 2.60 bits per heavy atom. The van der Waals surface area contributed by atoms with Gasteiger partial charge in [0.25, 0.3) is 5.91 Å². The summed E-state index contributed by atoms with van der Waals surface area (Å²) in [6.07, 6.45) is 4.89. The molecule has 0 bridgehead atoms. The van der Waals surface area contributed by atoms with Crippen molar-refractivity contribution in [1.29, 1.82) is 0 Å². The molecule has 1 aliphatic rings. The van der Waals surface area contributed by atoms with Gasteiger partial charge in [-0.1, -0.05) is 12.8 Å². The Labute approximate surface area is 94.9 Å². The third-order valence-corrected chi connectivity index (χ3v) is 4.13. The van der Waals surface area contributed by atoms with Crippen molar-refractivity contribution >= 4 is 17.2 Å². The molecule has 1 aromatic heterocycles. The van der Waals surface area contributed by atoms with Crippen molar-refractivity contribution in [3.05, 3.63) is 21.9 Å². The number of thiophene rings is 1. The van der Waals surface area contributed by atoms with Crippen LogP contribution in [0.1, 0.15) is 40.2 Å². The molecule has 82 valence electrons. The summed E-state index contributed by atoms with van der Waals surface area (Å²) in [7, 11) is 1.94. The van der Waals surface area contributed by atoms with Crippen LogP contribution in [0.25, 0.3) is 0 Å². The summed E-state index contributed by atoms with van der Waals surface area (Å²) in [6.45, 7) is 2.04. The molecule has 1 fully saturated rings. The summed E-state index contributed by atoms with van der Waals surface area (Å²) in [5.74, 6) is 0.194. The van der Waals surface area contributed by atoms with Gasteiger partial charge in [-0.2, -0.15) is 0 Å². The quantitative estimate of drug-likeness (QED) is 0.754. The van der Waals surface area contributed by atoms with Crippen LogP contribution < -0.4 is 0 Å². The van der Waals surface area contributed by atoms with Crippen molar-refractivity contribution in [1.82, 2.24) is 4.90 Å². The smallest absolute Gasteiger partial charge is 0.263 e. The number of hydrogen-bond acceptors (Lipinski definition) is 2. The lowest BCUT2D eigenvalue weighted by Gasteiger charge is -2.23. The highest BCUT2D eigenvalue weighted by atomic mass is 32.1. The van der Waals surface area contributed by atoms with Gasteiger partial charge in [0, 0.05) is 18.0 Å². The molecule has 0 radical (unpaired) electrons. The van der Waals surface area contributed by atoms with Gasteiger partial charge in [-0.15, -0.1) is 11.3 Å². The van der Waals surface area contributed by atoms with Crippen LogP contribution >= 0.6 is 11.3 Å². The molecule has 3 heteroatoms. The largest absolute Gasteiger partial charge is 0.338 e. The van der Waals surface area contributed by atoms with Crippen LogP contribution in [0, 0.1) is 6.92 Å². The molecule has 1 saturated carbocycles. The molecule has 2 rings (SSSR count). The van der Waals surface area contributed by atoms with Crippen LogP contribution in [-0.2, 0) is 0 Å². The maximum atomic E-state index is 12.1. The lowest BCUT2D eigenvalue weighted by Crippen LogP contribution is -2.34. The van der Waals surface area contributed by atoms with Crippen LogP contribution in [0.2, 0.25) is 0 Å². The Hall–Kier alpha value is -0.830. The molecule has 1 aromatic rings. The summed E-state index contributed by atoms with van der Waals surface area (Å²) >= 11 is 1.59. The van der Waals surface area contributed by atoms with Crippen LogP contribution in [-0.4, -0.2) is 23.9 Å². The van der Waals surface area contributed by atoms with Crippen LogP contribution in [0.3, 0.4) is 0 Å². The zero-order valence-electron chi connectivity index (χ0n) is 9.32. The zero-order chi connectivity index (χ0) is 10.8. The van der Waals surface area contributed by atoms with Gasteiger partial charge >= 0.3 is 0 Å². The van der Waals surface area contributed by atoms with Crippen LogP contribution in [0.15, 0.2) is 12.1 Å². The highest BCUT2D eigenvalue weighted by Gasteiger charge is 2.24. The second-order valence-corrected chi connectivity index (χ2v) is 5.55. The molecule has 1 heterocycles. The van der Waals surface area contributed by atoms with E-state index in [-0.39, 0.29) is 5.91 Å². The monoisotopic (exact) mass is 223 g/mol. The third-order valence-electron chi connectivity index (χ3n) is 3.14. The van der Waals surface area contributed by atoms with Crippen molar-refractivity contribution in [2.75, 3.05) is 7.05 Å². The van der Waals surface area contributed by atoms with Gasteiger partial charge in [-0.25, -0.2) is 0 Å². The Morgan fingerprint density at radius 2 is 2.07 bits per heavy atom. The maximum Gasteiger partial charge on any atom is 0.263 e. The normalized spacial score (nSPS) is 16.9. The predicted molar refractivity (Wildman–Crippen MR) is 63.4 cm³/mol. The van der Waals surface area contributed by atoms with E-state index in [4.69, 9.17) is 0 Å². The molecular weight excluding hydrogens is 206 g/mol. The Bertz CT molecular complexity index is 352. The van der Waals surface area contributed by atoms with Crippen molar-refractivity contribution in [2.45, 2.75) is 38.6 Å². The fourth-order valence-electron chi connectivity index (χ4n) is 2.18.